The molecule has 560 valence electrons. The van der Waals surface area contributed by atoms with Crippen molar-refractivity contribution in [2.24, 2.45) is 34.8 Å². The van der Waals surface area contributed by atoms with Gasteiger partial charge in [-0.15, -0.1) is 0 Å². The fraction of sp³-hybridized carbons (Fsp3) is 0.594. The topological polar surface area (TPSA) is 540 Å². The first-order valence-electron chi connectivity index (χ1n) is 34.6. The van der Waals surface area contributed by atoms with Gasteiger partial charge in [0.25, 0.3) is 0 Å². The summed E-state index contributed by atoms with van der Waals surface area (Å²) in [7, 11) is 0. The van der Waals surface area contributed by atoms with Crippen LogP contribution in [0.25, 0.3) is 10.9 Å². The molecule has 0 aliphatic carbocycles. The Morgan fingerprint density at radius 1 is 0.475 bits per heavy atom. The van der Waals surface area contributed by atoms with E-state index in [4.69, 9.17) is 22.9 Å². The number of primary amides is 3. The van der Waals surface area contributed by atoms with E-state index < -0.39 is 193 Å². The first-order valence-corrected chi connectivity index (χ1v) is 34.6. The van der Waals surface area contributed by atoms with Crippen molar-refractivity contribution >= 4 is 93.7 Å². The van der Waals surface area contributed by atoms with E-state index in [9.17, 15) is 82.4 Å². The summed E-state index contributed by atoms with van der Waals surface area (Å²) in [6.07, 6.45) is 6.61. The number of aliphatic carboxylic acids is 1. The lowest BCUT2D eigenvalue weighted by molar-refractivity contribution is -0.143. The van der Waals surface area contributed by atoms with Crippen LogP contribution in [-0.4, -0.2) is 183 Å². The maximum atomic E-state index is 14.5. The number of aromatic amines is 1. The number of benzene rings is 2. The van der Waals surface area contributed by atoms with Crippen LogP contribution in [0.1, 0.15) is 168 Å². The number of rotatable bonds is 50. The third kappa shape index (κ3) is 31.7. The Balaban J connectivity index is 1.83. The lowest BCUT2D eigenvalue weighted by Gasteiger charge is -2.29. The quantitative estimate of drug-likeness (QED) is 0.0302. The molecule has 0 saturated heterocycles. The van der Waals surface area contributed by atoms with Gasteiger partial charge in [-0.3, -0.25) is 62.3 Å². The number of para-hydroxylation sites is 1. The number of nitrogens with one attached hydrogen (secondary N) is 11. The van der Waals surface area contributed by atoms with Gasteiger partial charge in [0.1, 0.15) is 54.4 Å². The molecule has 3 rings (SSSR count). The normalized spacial score (nSPS) is 14.8. The van der Waals surface area contributed by atoms with Crippen LogP contribution in [0.15, 0.2) is 60.8 Å². The summed E-state index contributed by atoms with van der Waals surface area (Å²) in [5, 5.41) is 56.4. The van der Waals surface area contributed by atoms with Gasteiger partial charge in [-0.2, -0.15) is 0 Å². The third-order valence-corrected chi connectivity index (χ3v) is 17.0. The number of aromatic nitrogens is 1. The third-order valence-electron chi connectivity index (χ3n) is 17.0. The average molecular weight is 1420 g/mol. The number of nitrogens with two attached hydrogens (primary N) is 4. The van der Waals surface area contributed by atoms with Gasteiger partial charge in [-0.25, -0.2) is 4.79 Å². The molecule has 22 N–H and O–H groups in total. The van der Waals surface area contributed by atoms with Crippen LogP contribution < -0.4 is 76.1 Å². The van der Waals surface area contributed by atoms with Crippen molar-refractivity contribution in [3.63, 3.8) is 0 Å². The molecular formula is C69H107N15O17. The van der Waals surface area contributed by atoms with Gasteiger partial charge in [-0.05, 0) is 55.3 Å². The average Bonchev–Trinajstić information content (AvgIpc) is 1.75. The highest BCUT2D eigenvalue weighted by atomic mass is 16.4. The second kappa shape index (κ2) is 45.3. The number of aliphatic hydroxyl groups excluding tert-OH is 2. The van der Waals surface area contributed by atoms with Crippen molar-refractivity contribution in [2.45, 2.75) is 237 Å². The Labute approximate surface area is 588 Å². The zero-order valence-corrected chi connectivity index (χ0v) is 58.7. The Hall–Kier alpha value is -9.56. The lowest BCUT2D eigenvalue weighted by atomic mass is 9.98. The Morgan fingerprint density at radius 3 is 1.45 bits per heavy atom. The van der Waals surface area contributed by atoms with Gasteiger partial charge in [-0.1, -0.05) is 154 Å². The Bertz CT molecular complexity index is 3240. The standard InChI is InChI=1S/C69H107N15O17/c1-7-9-10-11-12-13-14-15-16-17-21-28-56(90)76-50(34-53(71)87)66(97)82-58(39(3)4)68(99)81-47(31-42-24-19-18-20-25-42)61(92)79-52(36-55(73)89)63(94)80-51(35-54(72)88)62(93)78-49(33-44(86)29-30-70)65(96)84-60(41(6)85)67(98)75-38-57(91)77-48(64(95)83-59(69(100)101)40(5)8-2)32-43-37-74-46-27-23-22-26-45(43)46/h18-20,22-27,37,39-41,44,47-52,58-60,74,85-86H,7-17,21,28-36,38,70H2,1-6H3,(H2,71,87)(H2,72,88)(H2,73,89)(H,75,98)(H,76,90)(H,77,91)(H,78,93)(H,79,92)(H,80,94)(H,81,99)(H,82,97)(H,83,95)(H,84,96)(H,100,101)/t40-,41+,44-,47+,48+,49-,50+,51+,52-,58+,59+,60+/m0/s1. The maximum Gasteiger partial charge on any atom is 0.326 e. The number of H-pyrrole nitrogens is 1. The van der Waals surface area contributed by atoms with Gasteiger partial charge in [0.05, 0.1) is 38.0 Å². The zero-order chi connectivity index (χ0) is 75.3. The van der Waals surface area contributed by atoms with Crippen LogP contribution in [0.5, 0.6) is 0 Å². The van der Waals surface area contributed by atoms with Gasteiger partial charge in [0.2, 0.25) is 76.8 Å². The number of fused-ring (bicyclic) bond motifs is 1. The summed E-state index contributed by atoms with van der Waals surface area (Å²) in [4.78, 5) is 192. The molecule has 2 aromatic carbocycles. The predicted molar refractivity (Wildman–Crippen MR) is 373 cm³/mol. The zero-order valence-electron chi connectivity index (χ0n) is 58.7. The Morgan fingerprint density at radius 2 is 0.921 bits per heavy atom. The predicted octanol–water partition coefficient (Wildman–Crippen LogP) is -0.973. The molecule has 13 amide bonds. The van der Waals surface area contributed by atoms with Crippen LogP contribution >= 0.6 is 0 Å². The number of amides is 13. The van der Waals surface area contributed by atoms with Crippen molar-refractivity contribution in [3.8, 4) is 0 Å². The molecule has 0 aliphatic rings. The number of carboxylic acid groups (broad SMARTS) is 1. The second-order valence-corrected chi connectivity index (χ2v) is 25.9. The van der Waals surface area contributed by atoms with Gasteiger partial charge >= 0.3 is 5.97 Å². The molecular weight excluding hydrogens is 1310 g/mol. The summed E-state index contributed by atoms with van der Waals surface area (Å²) in [6, 6.07) is 0.220. The van der Waals surface area contributed by atoms with E-state index in [1.54, 1.807) is 88.5 Å². The van der Waals surface area contributed by atoms with Crippen molar-refractivity contribution in [3.05, 3.63) is 71.9 Å². The molecule has 32 nitrogen and oxygen atoms in total. The molecule has 0 unspecified atom stereocenters. The Kier molecular flexibility index (Phi) is 38.4. The molecule has 32 heteroatoms. The van der Waals surface area contributed by atoms with Crippen LogP contribution in [0.2, 0.25) is 0 Å². The van der Waals surface area contributed by atoms with Crippen molar-refractivity contribution < 1.29 is 82.4 Å². The summed E-state index contributed by atoms with van der Waals surface area (Å²) in [6.45, 7) is 8.76. The number of unbranched alkanes of at least 4 members (excludes halogenated alkanes) is 10. The molecule has 0 aliphatic heterocycles. The fourth-order valence-corrected chi connectivity index (χ4v) is 11.0. The van der Waals surface area contributed by atoms with Crippen molar-refractivity contribution in [2.75, 3.05) is 13.1 Å². The van der Waals surface area contributed by atoms with Crippen LogP contribution in [0.4, 0.5) is 0 Å². The molecule has 101 heavy (non-hydrogen) atoms. The highest BCUT2D eigenvalue weighted by molar-refractivity contribution is 6.01. The van der Waals surface area contributed by atoms with Gasteiger partial charge in [0.15, 0.2) is 0 Å². The van der Waals surface area contributed by atoms with Crippen LogP contribution in [0, 0.1) is 11.8 Å². The number of carboxylic acids is 1. The molecule has 1 aromatic heterocycles. The largest absolute Gasteiger partial charge is 0.480 e. The number of carbonyl (C=O) groups is 14. The van der Waals surface area contributed by atoms with E-state index in [0.29, 0.717) is 34.9 Å². The van der Waals surface area contributed by atoms with E-state index in [2.05, 4.69) is 65.1 Å². The molecule has 0 spiro atoms. The van der Waals surface area contributed by atoms with Gasteiger partial charge in [0, 0.05) is 42.8 Å². The molecule has 0 radical (unpaired) electrons. The molecule has 1 heterocycles. The smallest absolute Gasteiger partial charge is 0.326 e. The molecule has 0 fully saturated rings. The lowest BCUT2D eigenvalue weighted by Crippen LogP contribution is -2.62. The van der Waals surface area contributed by atoms with E-state index in [1.165, 1.54) is 32.1 Å². The summed E-state index contributed by atoms with van der Waals surface area (Å²) < 4.78 is 0. The first-order chi connectivity index (χ1) is 47.9. The molecule has 0 saturated carbocycles. The minimum absolute atomic E-state index is 0.0589. The fourth-order valence-electron chi connectivity index (χ4n) is 11.0. The first kappa shape index (κ1) is 85.7. The van der Waals surface area contributed by atoms with Crippen molar-refractivity contribution in [1.29, 1.82) is 0 Å². The van der Waals surface area contributed by atoms with E-state index in [0.717, 1.165) is 39.0 Å². The summed E-state index contributed by atoms with van der Waals surface area (Å²) in [5.74, 6) is -16.2. The van der Waals surface area contributed by atoms with E-state index in [1.807, 2.05) is 0 Å². The maximum absolute atomic E-state index is 14.5. The van der Waals surface area contributed by atoms with Crippen LogP contribution in [-0.2, 0) is 80.0 Å². The number of hydrogen-bond acceptors (Lipinski definition) is 17. The molecule has 0 bridgehead atoms. The number of carbonyl (C=O) groups excluding carboxylic acids is 13. The summed E-state index contributed by atoms with van der Waals surface area (Å²) in [5.41, 5.74) is 24.0. The van der Waals surface area contributed by atoms with Crippen molar-refractivity contribution in [1.82, 2.24) is 58.2 Å². The SMILES string of the molecule is CCCCCCCCCCCCCC(=O)N[C@H](CC(N)=O)C(=O)N[C@@H](C(=O)N[C@H](Cc1ccccc1)C(=O)N[C@@H](CC(N)=O)C(=O)N[C@H](CC(N)=O)C(=O)N[C@@H](C[C@@H](O)CCN)C(=O)N[C@@H](C(=O)NCC(=O)N[C@H](Cc1c[nH]c2ccccc12)C(=O)N[C@@H](C(=O)O)[C@@H](C)CC)[C@@H](C)O)C(C)C. The highest BCUT2D eigenvalue weighted by Crippen LogP contribution is 2.21. The number of hydrogen-bond donors (Lipinski definition) is 18. The monoisotopic (exact) mass is 1420 g/mol. The summed E-state index contributed by atoms with van der Waals surface area (Å²) >= 11 is 0. The molecule has 3 aromatic rings. The van der Waals surface area contributed by atoms with Crippen LogP contribution in [0.3, 0.4) is 0 Å². The van der Waals surface area contributed by atoms with E-state index >= 15 is 0 Å². The minimum atomic E-state index is -2.03. The molecule has 12 atom stereocenters. The number of aliphatic hydroxyl groups is 2. The highest BCUT2D eigenvalue weighted by Gasteiger charge is 2.38. The van der Waals surface area contributed by atoms with E-state index in [-0.39, 0.29) is 32.2 Å². The second-order valence-electron chi connectivity index (χ2n) is 25.9. The van der Waals surface area contributed by atoms with Gasteiger partial charge < -0.3 is 96.4 Å². The minimum Gasteiger partial charge on any atom is -0.480 e.